The first-order valence-corrected chi connectivity index (χ1v) is 8.76. The summed E-state index contributed by atoms with van der Waals surface area (Å²) in [7, 11) is 0. The lowest BCUT2D eigenvalue weighted by atomic mass is 9.87. The SMILES string of the molecule is Cc1ccc(C2OCCCC2C(=O)N2CCC(C(=O)O)CC2)cc1. The van der Waals surface area contributed by atoms with Crippen molar-refractivity contribution in [2.45, 2.75) is 38.7 Å². The van der Waals surface area contributed by atoms with E-state index < -0.39 is 5.97 Å². The molecule has 1 amide bonds. The quantitative estimate of drug-likeness (QED) is 0.925. The summed E-state index contributed by atoms with van der Waals surface area (Å²) >= 11 is 0. The summed E-state index contributed by atoms with van der Waals surface area (Å²) in [6.45, 7) is 3.80. The van der Waals surface area contributed by atoms with Crippen LogP contribution in [0.25, 0.3) is 0 Å². The Bertz CT molecular complexity index is 590. The lowest BCUT2D eigenvalue weighted by Crippen LogP contribution is -2.45. The number of ether oxygens (including phenoxy) is 1. The highest BCUT2D eigenvalue weighted by molar-refractivity contribution is 5.80. The second kappa shape index (κ2) is 7.34. The summed E-state index contributed by atoms with van der Waals surface area (Å²) in [6, 6.07) is 8.19. The van der Waals surface area contributed by atoms with Crippen molar-refractivity contribution in [2.75, 3.05) is 19.7 Å². The van der Waals surface area contributed by atoms with Crippen molar-refractivity contribution in [2.24, 2.45) is 11.8 Å². The van der Waals surface area contributed by atoms with Crippen molar-refractivity contribution in [3.05, 3.63) is 35.4 Å². The maximum Gasteiger partial charge on any atom is 0.306 e. The van der Waals surface area contributed by atoms with Crippen LogP contribution in [-0.4, -0.2) is 41.6 Å². The molecule has 0 aliphatic carbocycles. The second-order valence-corrected chi connectivity index (χ2v) is 6.89. The predicted octanol–water partition coefficient (Wildman–Crippen LogP) is 2.79. The normalized spacial score (nSPS) is 25.5. The van der Waals surface area contributed by atoms with Gasteiger partial charge in [0.25, 0.3) is 0 Å². The van der Waals surface area contributed by atoms with Crippen LogP contribution in [0.4, 0.5) is 0 Å². The highest BCUT2D eigenvalue weighted by Crippen LogP contribution is 2.35. The van der Waals surface area contributed by atoms with Gasteiger partial charge in [-0.15, -0.1) is 0 Å². The molecular weight excluding hydrogens is 306 g/mol. The van der Waals surface area contributed by atoms with E-state index in [1.54, 1.807) is 0 Å². The minimum absolute atomic E-state index is 0.115. The van der Waals surface area contributed by atoms with Crippen LogP contribution >= 0.6 is 0 Å². The first-order chi connectivity index (χ1) is 11.6. The van der Waals surface area contributed by atoms with Crippen LogP contribution in [0.2, 0.25) is 0 Å². The van der Waals surface area contributed by atoms with Crippen molar-refractivity contribution in [1.82, 2.24) is 4.90 Å². The first-order valence-electron chi connectivity index (χ1n) is 8.76. The van der Waals surface area contributed by atoms with Crippen LogP contribution in [0.15, 0.2) is 24.3 Å². The van der Waals surface area contributed by atoms with Crippen molar-refractivity contribution in [3.63, 3.8) is 0 Å². The Labute approximate surface area is 142 Å². The van der Waals surface area contributed by atoms with Gasteiger partial charge in [-0.05, 0) is 38.2 Å². The molecular formula is C19H25NO4. The molecule has 2 saturated heterocycles. The van der Waals surface area contributed by atoms with Gasteiger partial charge < -0.3 is 14.7 Å². The lowest BCUT2D eigenvalue weighted by Gasteiger charge is -2.37. The fourth-order valence-corrected chi connectivity index (χ4v) is 3.70. The summed E-state index contributed by atoms with van der Waals surface area (Å²) in [5.74, 6) is -1.11. The Morgan fingerprint density at radius 3 is 2.42 bits per heavy atom. The summed E-state index contributed by atoms with van der Waals surface area (Å²) in [6.07, 6.45) is 2.62. The number of likely N-dealkylation sites (tertiary alicyclic amines) is 1. The number of carboxylic acids is 1. The smallest absolute Gasteiger partial charge is 0.306 e. The van der Waals surface area contributed by atoms with E-state index >= 15 is 0 Å². The maximum atomic E-state index is 13.0. The van der Waals surface area contributed by atoms with Crippen molar-refractivity contribution in [3.8, 4) is 0 Å². The highest BCUT2D eigenvalue weighted by atomic mass is 16.5. The Hall–Kier alpha value is -1.88. The number of piperidine rings is 1. The summed E-state index contributed by atoms with van der Waals surface area (Å²) < 4.78 is 5.95. The second-order valence-electron chi connectivity index (χ2n) is 6.89. The van der Waals surface area contributed by atoms with E-state index in [4.69, 9.17) is 9.84 Å². The van der Waals surface area contributed by atoms with E-state index in [0.29, 0.717) is 32.5 Å². The van der Waals surface area contributed by atoms with Gasteiger partial charge in [0, 0.05) is 19.7 Å². The number of carbonyl (C=O) groups excluding carboxylic acids is 1. The molecule has 0 saturated carbocycles. The Balaban J connectivity index is 1.70. The fourth-order valence-electron chi connectivity index (χ4n) is 3.70. The summed E-state index contributed by atoms with van der Waals surface area (Å²) in [5, 5.41) is 9.10. The number of amides is 1. The lowest BCUT2D eigenvalue weighted by molar-refractivity contribution is -0.151. The van der Waals surface area contributed by atoms with Gasteiger partial charge in [0.2, 0.25) is 5.91 Å². The zero-order valence-corrected chi connectivity index (χ0v) is 14.1. The highest BCUT2D eigenvalue weighted by Gasteiger charge is 2.37. The van der Waals surface area contributed by atoms with E-state index in [1.165, 1.54) is 5.56 Å². The van der Waals surface area contributed by atoms with Gasteiger partial charge in [0.15, 0.2) is 0 Å². The summed E-state index contributed by atoms with van der Waals surface area (Å²) in [4.78, 5) is 25.9. The molecule has 0 aromatic heterocycles. The number of rotatable bonds is 3. The summed E-state index contributed by atoms with van der Waals surface area (Å²) in [5.41, 5.74) is 2.24. The Morgan fingerprint density at radius 2 is 1.79 bits per heavy atom. The molecule has 130 valence electrons. The molecule has 3 rings (SSSR count). The van der Waals surface area contributed by atoms with Crippen LogP contribution in [0, 0.1) is 18.8 Å². The monoisotopic (exact) mass is 331 g/mol. The van der Waals surface area contributed by atoms with Gasteiger partial charge in [0.1, 0.15) is 0 Å². The molecule has 2 heterocycles. The van der Waals surface area contributed by atoms with Crippen LogP contribution in [0.5, 0.6) is 0 Å². The number of nitrogens with zero attached hydrogens (tertiary/aromatic N) is 1. The van der Waals surface area contributed by atoms with E-state index in [2.05, 4.69) is 0 Å². The van der Waals surface area contributed by atoms with Crippen LogP contribution in [0.3, 0.4) is 0 Å². The minimum Gasteiger partial charge on any atom is -0.481 e. The standard InChI is InChI=1S/C19H25NO4/c1-13-4-6-14(7-5-13)17-16(3-2-12-24-17)18(21)20-10-8-15(9-11-20)19(22)23/h4-7,15-17H,2-3,8-12H2,1H3,(H,22,23). The first kappa shape index (κ1) is 17.0. The predicted molar refractivity (Wildman–Crippen MR) is 89.5 cm³/mol. The number of hydrogen-bond acceptors (Lipinski definition) is 3. The number of benzene rings is 1. The third-order valence-electron chi connectivity index (χ3n) is 5.20. The molecule has 0 bridgehead atoms. The molecule has 5 heteroatoms. The van der Waals surface area contributed by atoms with Gasteiger partial charge >= 0.3 is 5.97 Å². The number of hydrogen-bond donors (Lipinski definition) is 1. The number of carbonyl (C=O) groups is 2. The molecule has 2 aliphatic rings. The Kier molecular flexibility index (Phi) is 5.19. The average molecular weight is 331 g/mol. The molecule has 2 aliphatic heterocycles. The van der Waals surface area contributed by atoms with E-state index in [-0.39, 0.29) is 23.8 Å². The topological polar surface area (TPSA) is 66.8 Å². The molecule has 1 aromatic carbocycles. The molecule has 2 unspecified atom stereocenters. The maximum absolute atomic E-state index is 13.0. The zero-order chi connectivity index (χ0) is 17.1. The molecule has 1 N–H and O–H groups in total. The van der Waals surface area contributed by atoms with Crippen molar-refractivity contribution < 1.29 is 19.4 Å². The average Bonchev–Trinajstić information content (AvgIpc) is 2.62. The van der Waals surface area contributed by atoms with Gasteiger partial charge in [0.05, 0.1) is 17.9 Å². The molecule has 5 nitrogen and oxygen atoms in total. The van der Waals surface area contributed by atoms with Gasteiger partial charge in [-0.3, -0.25) is 9.59 Å². The largest absolute Gasteiger partial charge is 0.481 e. The minimum atomic E-state index is -0.749. The third kappa shape index (κ3) is 3.61. The fraction of sp³-hybridized carbons (Fsp3) is 0.579. The van der Waals surface area contributed by atoms with Crippen molar-refractivity contribution in [1.29, 1.82) is 0 Å². The van der Waals surface area contributed by atoms with Crippen LogP contribution in [-0.2, 0) is 14.3 Å². The number of aliphatic carboxylic acids is 1. The van der Waals surface area contributed by atoms with E-state index in [0.717, 1.165) is 18.4 Å². The molecule has 24 heavy (non-hydrogen) atoms. The van der Waals surface area contributed by atoms with Crippen LogP contribution in [0.1, 0.15) is 42.9 Å². The van der Waals surface area contributed by atoms with Gasteiger partial charge in [-0.1, -0.05) is 29.8 Å². The number of aryl methyl sites for hydroxylation is 1. The van der Waals surface area contributed by atoms with Gasteiger partial charge in [-0.2, -0.15) is 0 Å². The van der Waals surface area contributed by atoms with E-state index in [1.807, 2.05) is 36.1 Å². The molecule has 2 atom stereocenters. The van der Waals surface area contributed by atoms with Gasteiger partial charge in [-0.25, -0.2) is 0 Å². The van der Waals surface area contributed by atoms with Crippen LogP contribution < -0.4 is 0 Å². The molecule has 0 radical (unpaired) electrons. The van der Waals surface area contributed by atoms with Crippen molar-refractivity contribution >= 4 is 11.9 Å². The molecule has 0 spiro atoms. The molecule has 1 aromatic rings. The van der Waals surface area contributed by atoms with E-state index in [9.17, 15) is 9.59 Å². The third-order valence-corrected chi connectivity index (χ3v) is 5.20. The zero-order valence-electron chi connectivity index (χ0n) is 14.1. The number of carboxylic acid groups (broad SMARTS) is 1. The Morgan fingerprint density at radius 1 is 1.12 bits per heavy atom. The molecule has 2 fully saturated rings.